The molecule has 1 atom stereocenters. The summed E-state index contributed by atoms with van der Waals surface area (Å²) in [6, 6.07) is -0.809. The Labute approximate surface area is 300 Å². The van der Waals surface area contributed by atoms with Crippen LogP contribution in [0, 0.1) is 0 Å². The van der Waals surface area contributed by atoms with Crippen molar-refractivity contribution in [3.63, 3.8) is 0 Å². The van der Waals surface area contributed by atoms with E-state index in [2.05, 4.69) is 25.8 Å². The third kappa shape index (κ3) is 25.1. The molecule has 294 valence electrons. The molecule has 1 fully saturated rings. The van der Waals surface area contributed by atoms with Crippen molar-refractivity contribution in [2.24, 2.45) is 0 Å². The van der Waals surface area contributed by atoms with Crippen LogP contribution in [0.3, 0.4) is 0 Å². The second kappa shape index (κ2) is 27.1. The van der Waals surface area contributed by atoms with Gasteiger partial charge >= 0.3 is 23.9 Å². The van der Waals surface area contributed by atoms with Crippen molar-refractivity contribution in [1.82, 2.24) is 40.4 Å². The number of carboxylic acids is 3. The summed E-state index contributed by atoms with van der Waals surface area (Å²) >= 11 is 0. The van der Waals surface area contributed by atoms with Crippen LogP contribution in [0.2, 0.25) is 0 Å². The molecule has 1 saturated heterocycles. The normalized spacial score (nSPS) is 16.3. The van der Waals surface area contributed by atoms with Gasteiger partial charge in [-0.15, -0.1) is 0 Å². The van der Waals surface area contributed by atoms with Crippen LogP contribution in [-0.4, -0.2) is 214 Å². The highest BCUT2D eigenvalue weighted by Gasteiger charge is 2.19. The molecular formula is C32H60N8O11. The standard InChI is InChI=1S/C32H60N8O11/c1-26(6-7-29(43)44)35-32(49)34-8-4-5-28(42)40(25-31(47)48)18-20-51-22-21-50-19-9-33-27(41)23-38-14-12-36(2)10-11-37(3)13-15-39(17-16-38)24-30(45)46/h26H,4-25H2,1-3H3,(H,33,41)(H,43,44)(H,45,46)(H,47,48)(H2,34,35,49)/t26-/m1/s1. The molecule has 0 aromatic carbocycles. The first-order valence-electron chi connectivity index (χ1n) is 17.5. The van der Waals surface area contributed by atoms with Gasteiger partial charge in [-0.25, -0.2) is 4.79 Å². The monoisotopic (exact) mass is 732 g/mol. The maximum absolute atomic E-state index is 12.7. The fourth-order valence-corrected chi connectivity index (χ4v) is 4.96. The minimum Gasteiger partial charge on any atom is -0.481 e. The van der Waals surface area contributed by atoms with Gasteiger partial charge in [-0.1, -0.05) is 0 Å². The number of nitrogens with one attached hydrogen (secondary N) is 3. The van der Waals surface area contributed by atoms with E-state index in [4.69, 9.17) is 14.6 Å². The molecule has 0 spiro atoms. The molecule has 4 amide bonds. The third-order valence-electron chi connectivity index (χ3n) is 8.06. The van der Waals surface area contributed by atoms with Gasteiger partial charge in [0.1, 0.15) is 6.54 Å². The van der Waals surface area contributed by atoms with Crippen LogP contribution < -0.4 is 16.0 Å². The van der Waals surface area contributed by atoms with E-state index in [9.17, 15) is 39.0 Å². The molecule has 1 rings (SSSR count). The molecule has 51 heavy (non-hydrogen) atoms. The number of amides is 4. The van der Waals surface area contributed by atoms with Gasteiger partial charge in [0, 0.05) is 90.9 Å². The largest absolute Gasteiger partial charge is 0.481 e. The highest BCUT2D eigenvalue weighted by atomic mass is 16.5. The molecule has 1 heterocycles. The summed E-state index contributed by atoms with van der Waals surface area (Å²) in [7, 11) is 4.08. The molecule has 0 aromatic rings. The summed E-state index contributed by atoms with van der Waals surface area (Å²) in [5.41, 5.74) is 0. The molecule has 0 bridgehead atoms. The Morgan fingerprint density at radius 3 is 1.84 bits per heavy atom. The first-order chi connectivity index (χ1) is 24.2. The van der Waals surface area contributed by atoms with Crippen LogP contribution in [0.25, 0.3) is 0 Å². The molecule has 0 radical (unpaired) electrons. The summed E-state index contributed by atoms with van der Waals surface area (Å²) < 4.78 is 11.0. The van der Waals surface area contributed by atoms with E-state index in [-0.39, 0.29) is 90.2 Å². The average Bonchev–Trinajstić information content (AvgIpc) is 3.05. The summed E-state index contributed by atoms with van der Waals surface area (Å²) in [6.07, 6.45) is 0.528. The number of rotatable bonds is 23. The number of carbonyl (C=O) groups excluding carboxylic acids is 3. The lowest BCUT2D eigenvalue weighted by Gasteiger charge is -2.31. The minimum absolute atomic E-state index is 0.0206. The number of aliphatic carboxylic acids is 3. The quantitative estimate of drug-likeness (QED) is 0.0621. The Kier molecular flexibility index (Phi) is 24.1. The van der Waals surface area contributed by atoms with Crippen molar-refractivity contribution in [2.75, 3.05) is 132 Å². The summed E-state index contributed by atoms with van der Waals surface area (Å²) in [6.45, 7) is 8.37. The number of ether oxygens (including phenoxy) is 2. The van der Waals surface area contributed by atoms with Gasteiger partial charge in [0.15, 0.2) is 0 Å². The number of urea groups is 1. The molecule has 6 N–H and O–H groups in total. The molecular weight excluding hydrogens is 672 g/mol. The maximum atomic E-state index is 12.7. The van der Waals surface area contributed by atoms with Crippen molar-refractivity contribution in [2.45, 2.75) is 38.6 Å². The Morgan fingerprint density at radius 2 is 1.25 bits per heavy atom. The first-order valence-corrected chi connectivity index (χ1v) is 17.5. The van der Waals surface area contributed by atoms with Crippen LogP contribution in [0.15, 0.2) is 0 Å². The SMILES string of the molecule is C[C@H](CCC(=O)O)NC(=O)NCCCC(=O)N(CCOCCOCCNC(=O)CN1CCN(C)CCN(C)CCN(CC(=O)O)CC1)CC(=O)O. The lowest BCUT2D eigenvalue weighted by atomic mass is 10.2. The number of carboxylic acid groups (broad SMARTS) is 3. The minimum atomic E-state index is -1.16. The van der Waals surface area contributed by atoms with Crippen molar-refractivity contribution >= 4 is 35.8 Å². The van der Waals surface area contributed by atoms with Crippen molar-refractivity contribution < 1.29 is 53.6 Å². The number of carbonyl (C=O) groups is 6. The molecule has 19 heteroatoms. The molecule has 0 unspecified atom stereocenters. The lowest BCUT2D eigenvalue weighted by molar-refractivity contribution is -0.145. The van der Waals surface area contributed by atoms with Crippen LogP contribution in [0.1, 0.15) is 32.6 Å². The Hall–Kier alpha value is -3.62. The second-order valence-corrected chi connectivity index (χ2v) is 12.7. The number of hydrogen-bond donors (Lipinski definition) is 6. The van der Waals surface area contributed by atoms with Crippen molar-refractivity contribution in [3.8, 4) is 0 Å². The third-order valence-corrected chi connectivity index (χ3v) is 8.06. The predicted molar refractivity (Wildman–Crippen MR) is 186 cm³/mol. The molecule has 19 nitrogen and oxygen atoms in total. The van der Waals surface area contributed by atoms with Crippen LogP contribution in [0.5, 0.6) is 0 Å². The summed E-state index contributed by atoms with van der Waals surface area (Å²) in [5.74, 6) is -3.53. The van der Waals surface area contributed by atoms with Crippen LogP contribution in [-0.2, 0) is 33.4 Å². The Balaban J connectivity index is 2.29. The van der Waals surface area contributed by atoms with Crippen LogP contribution >= 0.6 is 0 Å². The number of nitrogens with zero attached hydrogens (tertiary/aromatic N) is 5. The fourth-order valence-electron chi connectivity index (χ4n) is 4.96. The average molecular weight is 733 g/mol. The zero-order valence-corrected chi connectivity index (χ0v) is 30.5. The number of likely N-dealkylation sites (N-methyl/N-ethyl adjacent to an activating group) is 2. The van der Waals surface area contributed by atoms with Gasteiger partial charge in [-0.05, 0) is 33.9 Å². The van der Waals surface area contributed by atoms with Crippen molar-refractivity contribution in [3.05, 3.63) is 0 Å². The summed E-state index contributed by atoms with van der Waals surface area (Å²) in [4.78, 5) is 79.9. The van der Waals surface area contributed by atoms with Gasteiger partial charge in [-0.2, -0.15) is 0 Å². The Morgan fingerprint density at radius 1 is 0.686 bits per heavy atom. The molecule has 1 aliphatic heterocycles. The smallest absolute Gasteiger partial charge is 0.323 e. The van der Waals surface area contributed by atoms with E-state index in [0.717, 1.165) is 26.2 Å². The molecule has 0 saturated carbocycles. The maximum Gasteiger partial charge on any atom is 0.323 e. The van der Waals surface area contributed by atoms with Crippen LogP contribution in [0.4, 0.5) is 4.79 Å². The molecule has 1 aliphatic rings. The zero-order valence-electron chi connectivity index (χ0n) is 30.5. The van der Waals surface area contributed by atoms with E-state index in [1.807, 2.05) is 23.9 Å². The van der Waals surface area contributed by atoms with E-state index < -0.39 is 36.4 Å². The van der Waals surface area contributed by atoms with E-state index in [1.165, 1.54) is 4.90 Å². The summed E-state index contributed by atoms with van der Waals surface area (Å²) in [5, 5.41) is 35.3. The molecule has 0 aromatic heterocycles. The van der Waals surface area contributed by atoms with E-state index in [1.54, 1.807) is 6.92 Å². The van der Waals surface area contributed by atoms with Crippen molar-refractivity contribution in [1.29, 1.82) is 0 Å². The molecule has 0 aliphatic carbocycles. The zero-order chi connectivity index (χ0) is 38.0. The van der Waals surface area contributed by atoms with Gasteiger partial charge in [0.25, 0.3) is 0 Å². The highest BCUT2D eigenvalue weighted by Crippen LogP contribution is 2.01. The topological polar surface area (TPSA) is 234 Å². The second-order valence-electron chi connectivity index (χ2n) is 12.7. The van der Waals surface area contributed by atoms with Gasteiger partial charge < -0.3 is 55.4 Å². The highest BCUT2D eigenvalue weighted by molar-refractivity contribution is 5.81. The fraction of sp³-hybridized carbons (Fsp3) is 0.812. The van der Waals surface area contributed by atoms with Gasteiger partial charge in [0.05, 0.1) is 39.5 Å². The van der Waals surface area contributed by atoms with Gasteiger partial charge in [-0.3, -0.25) is 33.8 Å². The number of hydrogen-bond acceptors (Lipinski definition) is 12. The predicted octanol–water partition coefficient (Wildman–Crippen LogP) is -2.05. The van der Waals surface area contributed by atoms with E-state index >= 15 is 0 Å². The first kappa shape index (κ1) is 45.4. The lowest BCUT2D eigenvalue weighted by Crippen LogP contribution is -2.47. The van der Waals surface area contributed by atoms with E-state index in [0.29, 0.717) is 32.7 Å². The Bertz CT molecular complexity index is 1070. The van der Waals surface area contributed by atoms with Gasteiger partial charge in [0.2, 0.25) is 11.8 Å².